The minimum atomic E-state index is 0.777. The van der Waals surface area contributed by atoms with Gasteiger partial charge in [-0.3, -0.25) is 0 Å². The Bertz CT molecular complexity index is 116. The zero-order valence-electron chi connectivity index (χ0n) is 10.1. The highest BCUT2D eigenvalue weighted by Gasteiger charge is 2.41. The van der Waals surface area contributed by atoms with Crippen molar-refractivity contribution in [1.29, 1.82) is 0 Å². The molecule has 13 heavy (non-hydrogen) atoms. The first-order valence-electron chi connectivity index (χ1n) is 6.04. The van der Waals surface area contributed by atoms with Crippen LogP contribution in [0, 0.1) is 5.41 Å². The molecule has 0 aromatic rings. The maximum absolute atomic E-state index is 3.51. The molecule has 1 N–H and O–H groups in total. The molecule has 1 aliphatic heterocycles. The monoisotopic (exact) mass is 185 g/mol. The molecule has 0 radical (unpaired) electrons. The molecular weight excluding hydrogens is 158 g/mol. The summed E-state index contributed by atoms with van der Waals surface area (Å²) in [5, 5.41) is 3.51. The first-order valence-corrected chi connectivity index (χ1v) is 6.04. The van der Waals surface area contributed by atoms with Crippen molar-refractivity contribution in [3.63, 3.8) is 0 Å². The summed E-state index contributed by atoms with van der Waals surface area (Å²) in [5.74, 6) is 0. The van der Waals surface area contributed by atoms with E-state index < -0.39 is 0 Å². The third-order valence-corrected chi connectivity index (χ3v) is 2.98. The van der Waals surface area contributed by atoms with E-state index in [9.17, 15) is 0 Å². The normalized spacial score (nSPS) is 27.9. The molecule has 1 heterocycles. The molecule has 0 amide bonds. The summed E-state index contributed by atoms with van der Waals surface area (Å²) in [6.45, 7) is 11.6. The van der Waals surface area contributed by atoms with Gasteiger partial charge in [0.1, 0.15) is 0 Å². The van der Waals surface area contributed by atoms with Crippen molar-refractivity contribution in [1.82, 2.24) is 5.32 Å². The summed E-state index contributed by atoms with van der Waals surface area (Å²) >= 11 is 0. The van der Waals surface area contributed by atoms with E-state index in [0.717, 1.165) is 11.5 Å². The Balaban J connectivity index is 0.000000322. The van der Waals surface area contributed by atoms with Crippen molar-refractivity contribution in [3.8, 4) is 0 Å². The summed E-state index contributed by atoms with van der Waals surface area (Å²) in [7, 11) is 0. The van der Waals surface area contributed by atoms with E-state index in [4.69, 9.17) is 0 Å². The molecule has 1 saturated heterocycles. The topological polar surface area (TPSA) is 12.0 Å². The first-order chi connectivity index (χ1) is 6.31. The van der Waals surface area contributed by atoms with Crippen LogP contribution in [0.4, 0.5) is 0 Å². The van der Waals surface area contributed by atoms with Crippen LogP contribution in [0.25, 0.3) is 0 Å². The van der Waals surface area contributed by atoms with E-state index >= 15 is 0 Å². The standard InChI is InChI=1S/C8H15N.2C2H6/c1-7-5-8(6-9-7)3-2-4-8;2*1-2/h7,9H,2-6H2,1H3;2*1-2H3. The summed E-state index contributed by atoms with van der Waals surface area (Å²) in [5.41, 5.74) is 0.777. The van der Waals surface area contributed by atoms with E-state index in [1.807, 2.05) is 27.7 Å². The number of nitrogens with one attached hydrogen (secondary N) is 1. The SMILES string of the molecule is CC.CC.CC1CC2(CCC2)CN1. The predicted octanol–water partition coefficient (Wildman–Crippen LogP) is 3.59. The zero-order chi connectivity index (χ0) is 10.3. The molecule has 0 aromatic heterocycles. The summed E-state index contributed by atoms with van der Waals surface area (Å²) in [6, 6.07) is 0.797. The minimum absolute atomic E-state index is 0.777. The lowest BCUT2D eigenvalue weighted by Crippen LogP contribution is -2.31. The molecular formula is C12H27N. The van der Waals surface area contributed by atoms with Gasteiger partial charge in [-0.2, -0.15) is 0 Å². The smallest absolute Gasteiger partial charge is 0.00447 e. The van der Waals surface area contributed by atoms with Crippen LogP contribution in [0.2, 0.25) is 0 Å². The maximum Gasteiger partial charge on any atom is 0.00447 e. The largest absolute Gasteiger partial charge is 0.314 e. The molecule has 2 aliphatic rings. The molecule has 0 aromatic carbocycles. The van der Waals surface area contributed by atoms with Crippen molar-refractivity contribution in [2.24, 2.45) is 5.41 Å². The fraction of sp³-hybridized carbons (Fsp3) is 1.00. The van der Waals surface area contributed by atoms with Crippen molar-refractivity contribution in [3.05, 3.63) is 0 Å². The van der Waals surface area contributed by atoms with Gasteiger partial charge in [0.25, 0.3) is 0 Å². The average Bonchev–Trinajstić information content (AvgIpc) is 2.54. The summed E-state index contributed by atoms with van der Waals surface area (Å²) in [4.78, 5) is 0. The van der Waals surface area contributed by atoms with Crippen LogP contribution < -0.4 is 5.32 Å². The van der Waals surface area contributed by atoms with Crippen LogP contribution in [0.5, 0.6) is 0 Å². The van der Waals surface area contributed by atoms with Crippen LogP contribution in [0.15, 0.2) is 0 Å². The molecule has 1 nitrogen and oxygen atoms in total. The summed E-state index contributed by atoms with van der Waals surface area (Å²) in [6.07, 6.45) is 5.90. The number of hydrogen-bond acceptors (Lipinski definition) is 1. The molecule has 80 valence electrons. The van der Waals surface area contributed by atoms with Gasteiger partial charge < -0.3 is 5.32 Å². The van der Waals surface area contributed by atoms with Crippen LogP contribution in [0.3, 0.4) is 0 Å². The summed E-state index contributed by atoms with van der Waals surface area (Å²) < 4.78 is 0. The minimum Gasteiger partial charge on any atom is -0.314 e. The Labute approximate surface area is 84.3 Å². The Morgan fingerprint density at radius 2 is 1.62 bits per heavy atom. The highest BCUT2D eigenvalue weighted by Crippen LogP contribution is 2.46. The third-order valence-electron chi connectivity index (χ3n) is 2.98. The second kappa shape index (κ2) is 6.42. The van der Waals surface area contributed by atoms with Crippen LogP contribution in [-0.2, 0) is 0 Å². The van der Waals surface area contributed by atoms with Crippen LogP contribution >= 0.6 is 0 Å². The second-order valence-corrected chi connectivity index (χ2v) is 3.84. The van der Waals surface area contributed by atoms with E-state index in [1.54, 1.807) is 0 Å². The molecule has 1 spiro atoms. The van der Waals surface area contributed by atoms with Crippen molar-refractivity contribution in [2.45, 2.75) is 66.3 Å². The Morgan fingerprint density at radius 1 is 1.08 bits per heavy atom. The van der Waals surface area contributed by atoms with Gasteiger partial charge in [0.15, 0.2) is 0 Å². The number of hydrogen-bond donors (Lipinski definition) is 1. The van der Waals surface area contributed by atoms with Gasteiger partial charge in [-0.25, -0.2) is 0 Å². The lowest BCUT2D eigenvalue weighted by molar-refractivity contribution is 0.159. The maximum atomic E-state index is 3.51. The third kappa shape index (κ3) is 3.30. The second-order valence-electron chi connectivity index (χ2n) is 3.84. The van der Waals surface area contributed by atoms with Gasteiger partial charge in [0, 0.05) is 12.6 Å². The predicted molar refractivity (Wildman–Crippen MR) is 61.1 cm³/mol. The molecule has 1 unspecified atom stereocenters. The van der Waals surface area contributed by atoms with Crippen molar-refractivity contribution in [2.75, 3.05) is 6.54 Å². The molecule has 0 bridgehead atoms. The van der Waals surface area contributed by atoms with Gasteiger partial charge in [-0.1, -0.05) is 34.1 Å². The Morgan fingerprint density at radius 3 is 1.77 bits per heavy atom. The van der Waals surface area contributed by atoms with Gasteiger partial charge in [0.2, 0.25) is 0 Å². The van der Waals surface area contributed by atoms with E-state index in [-0.39, 0.29) is 0 Å². The van der Waals surface area contributed by atoms with E-state index in [0.29, 0.717) is 0 Å². The molecule has 2 fully saturated rings. The molecule has 1 atom stereocenters. The lowest BCUT2D eigenvalue weighted by atomic mass is 9.68. The highest BCUT2D eigenvalue weighted by molar-refractivity contribution is 4.97. The lowest BCUT2D eigenvalue weighted by Gasteiger charge is -2.37. The van der Waals surface area contributed by atoms with E-state index in [2.05, 4.69) is 12.2 Å². The Hall–Kier alpha value is -0.0400. The van der Waals surface area contributed by atoms with Crippen LogP contribution in [-0.4, -0.2) is 12.6 Å². The zero-order valence-corrected chi connectivity index (χ0v) is 10.1. The molecule has 2 rings (SSSR count). The first kappa shape index (κ1) is 13.0. The van der Waals surface area contributed by atoms with Gasteiger partial charge >= 0.3 is 0 Å². The van der Waals surface area contributed by atoms with Gasteiger partial charge in [0.05, 0.1) is 0 Å². The van der Waals surface area contributed by atoms with E-state index in [1.165, 1.54) is 32.2 Å². The molecule has 1 heteroatoms. The number of rotatable bonds is 0. The van der Waals surface area contributed by atoms with Crippen LogP contribution in [0.1, 0.15) is 60.3 Å². The fourth-order valence-corrected chi connectivity index (χ4v) is 2.24. The highest BCUT2D eigenvalue weighted by atomic mass is 15.0. The van der Waals surface area contributed by atoms with Crippen molar-refractivity contribution < 1.29 is 0 Å². The average molecular weight is 185 g/mol. The van der Waals surface area contributed by atoms with Gasteiger partial charge in [-0.15, -0.1) is 0 Å². The fourth-order valence-electron chi connectivity index (χ4n) is 2.24. The van der Waals surface area contributed by atoms with Crippen molar-refractivity contribution >= 4 is 0 Å². The quantitative estimate of drug-likeness (QED) is 0.608. The Kier molecular flexibility index (Phi) is 6.40. The molecule has 1 aliphatic carbocycles. The van der Waals surface area contributed by atoms with Gasteiger partial charge in [-0.05, 0) is 31.6 Å². The molecule has 1 saturated carbocycles.